The number of aromatic nitrogens is 2. The first kappa shape index (κ1) is 17.1. The third-order valence-corrected chi connectivity index (χ3v) is 4.20. The molecule has 0 atom stereocenters. The molecule has 2 aromatic rings. The molecule has 0 aliphatic carbocycles. The fourth-order valence-electron chi connectivity index (χ4n) is 2.88. The molecular weight excluding hydrogens is 336 g/mol. The molecule has 134 valence electrons. The van der Waals surface area contributed by atoms with Crippen LogP contribution in [0, 0.1) is 21.7 Å². The normalized spacial score (nSPS) is 15.4. The first-order valence-corrected chi connectivity index (χ1v) is 7.76. The van der Waals surface area contributed by atoms with Gasteiger partial charge in [-0.25, -0.2) is 8.78 Å². The Bertz CT molecular complexity index is 764. The van der Waals surface area contributed by atoms with Gasteiger partial charge in [-0.3, -0.25) is 10.1 Å². The lowest BCUT2D eigenvalue weighted by atomic mass is 9.96. The second-order valence-electron chi connectivity index (χ2n) is 6.10. The van der Waals surface area contributed by atoms with Crippen LogP contribution in [-0.4, -0.2) is 42.2 Å². The number of piperidine rings is 1. The standard InChI is InChI=1S/C15H17F2N5O3/c1-20(2)15-18-14(25-19-15)9-3-5-21(6-4-9)13-11(16)7-10(22(23)24)8-12(13)17/h7-9H,3-6H2,1-2H3. The van der Waals surface area contributed by atoms with Gasteiger partial charge in [0.2, 0.25) is 5.89 Å². The maximum Gasteiger partial charge on any atom is 0.275 e. The summed E-state index contributed by atoms with van der Waals surface area (Å²) in [6, 6.07) is 1.48. The first-order chi connectivity index (χ1) is 11.9. The van der Waals surface area contributed by atoms with Gasteiger partial charge in [-0.15, -0.1) is 0 Å². The molecule has 25 heavy (non-hydrogen) atoms. The molecule has 1 aromatic carbocycles. The topological polar surface area (TPSA) is 88.5 Å². The number of hydrogen-bond acceptors (Lipinski definition) is 7. The van der Waals surface area contributed by atoms with Crippen molar-refractivity contribution in [2.45, 2.75) is 18.8 Å². The number of nitro benzene ring substituents is 1. The molecule has 0 unspecified atom stereocenters. The smallest absolute Gasteiger partial charge is 0.275 e. The minimum Gasteiger partial charge on any atom is -0.367 e. The maximum absolute atomic E-state index is 14.1. The Morgan fingerprint density at radius 1 is 1.28 bits per heavy atom. The average Bonchev–Trinajstić information content (AvgIpc) is 3.05. The second kappa shape index (κ2) is 6.61. The molecule has 0 bridgehead atoms. The zero-order chi connectivity index (χ0) is 18.1. The first-order valence-electron chi connectivity index (χ1n) is 7.76. The molecule has 0 spiro atoms. The summed E-state index contributed by atoms with van der Waals surface area (Å²) < 4.78 is 33.5. The Morgan fingerprint density at radius 2 is 1.88 bits per heavy atom. The molecular formula is C15H17F2N5O3. The lowest BCUT2D eigenvalue weighted by Crippen LogP contribution is -2.34. The van der Waals surface area contributed by atoms with Gasteiger partial charge in [0.15, 0.2) is 11.6 Å². The van der Waals surface area contributed by atoms with Crippen molar-refractivity contribution in [1.82, 2.24) is 10.1 Å². The number of hydrogen-bond donors (Lipinski definition) is 0. The molecule has 3 rings (SSSR count). The lowest BCUT2D eigenvalue weighted by molar-refractivity contribution is -0.385. The van der Waals surface area contributed by atoms with E-state index in [4.69, 9.17) is 4.52 Å². The number of rotatable bonds is 4. The van der Waals surface area contributed by atoms with Gasteiger partial charge in [-0.05, 0) is 18.0 Å². The predicted octanol–water partition coefficient (Wildman–Crippen LogP) is 2.71. The van der Waals surface area contributed by atoms with E-state index in [1.165, 1.54) is 0 Å². The number of nitro groups is 1. The molecule has 1 aliphatic rings. The van der Waals surface area contributed by atoms with E-state index in [-0.39, 0.29) is 11.6 Å². The summed E-state index contributed by atoms with van der Waals surface area (Å²) in [7, 11) is 3.61. The van der Waals surface area contributed by atoms with Gasteiger partial charge in [0.05, 0.1) is 17.1 Å². The van der Waals surface area contributed by atoms with Crippen LogP contribution < -0.4 is 9.80 Å². The lowest BCUT2D eigenvalue weighted by Gasteiger charge is -2.32. The highest BCUT2D eigenvalue weighted by molar-refractivity contribution is 5.54. The van der Waals surface area contributed by atoms with Crippen molar-refractivity contribution >= 4 is 17.3 Å². The Balaban J connectivity index is 1.73. The minimum absolute atomic E-state index is 0.0154. The van der Waals surface area contributed by atoms with Gasteiger partial charge in [0.1, 0.15) is 5.69 Å². The molecule has 1 aliphatic heterocycles. The summed E-state index contributed by atoms with van der Waals surface area (Å²) >= 11 is 0. The largest absolute Gasteiger partial charge is 0.367 e. The van der Waals surface area contributed by atoms with Gasteiger partial charge < -0.3 is 14.3 Å². The molecule has 10 heteroatoms. The van der Waals surface area contributed by atoms with Crippen LogP contribution in [0.4, 0.5) is 26.1 Å². The van der Waals surface area contributed by atoms with Crippen LogP contribution >= 0.6 is 0 Å². The molecule has 2 heterocycles. The fourth-order valence-corrected chi connectivity index (χ4v) is 2.88. The van der Waals surface area contributed by atoms with Crippen LogP contribution in [0.3, 0.4) is 0 Å². The second-order valence-corrected chi connectivity index (χ2v) is 6.10. The minimum atomic E-state index is -0.933. The van der Waals surface area contributed by atoms with E-state index >= 15 is 0 Å². The van der Waals surface area contributed by atoms with E-state index in [0.717, 1.165) is 12.1 Å². The van der Waals surface area contributed by atoms with Gasteiger partial charge in [-0.2, -0.15) is 4.98 Å². The summed E-state index contributed by atoms with van der Waals surface area (Å²) in [5.74, 6) is -0.866. The van der Waals surface area contributed by atoms with Crippen molar-refractivity contribution in [3.63, 3.8) is 0 Å². The molecule has 8 nitrogen and oxygen atoms in total. The summed E-state index contributed by atoms with van der Waals surface area (Å²) in [6.07, 6.45) is 1.18. The van der Waals surface area contributed by atoms with Crippen LogP contribution in [0.15, 0.2) is 16.7 Å². The van der Waals surface area contributed by atoms with Crippen molar-refractivity contribution in [2.75, 3.05) is 37.0 Å². The number of non-ortho nitro benzene ring substituents is 1. The number of nitrogens with zero attached hydrogens (tertiary/aromatic N) is 5. The molecule has 1 saturated heterocycles. The molecule has 1 fully saturated rings. The Hall–Kier alpha value is -2.78. The van der Waals surface area contributed by atoms with Gasteiger partial charge >= 0.3 is 0 Å². The molecule has 0 N–H and O–H groups in total. The van der Waals surface area contributed by atoms with Gasteiger partial charge in [0.25, 0.3) is 11.6 Å². The van der Waals surface area contributed by atoms with E-state index in [9.17, 15) is 18.9 Å². The van der Waals surface area contributed by atoms with Gasteiger partial charge in [-0.1, -0.05) is 0 Å². The summed E-state index contributed by atoms with van der Waals surface area (Å²) in [5.41, 5.74) is -0.834. The molecule has 0 radical (unpaired) electrons. The van der Waals surface area contributed by atoms with Crippen LogP contribution in [0.2, 0.25) is 0 Å². The maximum atomic E-state index is 14.1. The Morgan fingerprint density at radius 3 is 2.36 bits per heavy atom. The Kier molecular flexibility index (Phi) is 4.51. The van der Waals surface area contributed by atoms with Crippen LogP contribution in [0.25, 0.3) is 0 Å². The van der Waals surface area contributed by atoms with Crippen molar-refractivity contribution in [2.24, 2.45) is 0 Å². The number of benzene rings is 1. The highest BCUT2D eigenvalue weighted by atomic mass is 19.1. The predicted molar refractivity (Wildman–Crippen MR) is 85.8 cm³/mol. The fraction of sp³-hybridized carbons (Fsp3) is 0.467. The van der Waals surface area contributed by atoms with Crippen LogP contribution in [0.5, 0.6) is 0 Å². The summed E-state index contributed by atoms with van der Waals surface area (Å²) in [4.78, 5) is 17.4. The quantitative estimate of drug-likeness (QED) is 0.617. The van der Waals surface area contributed by atoms with Crippen molar-refractivity contribution < 1.29 is 18.2 Å². The zero-order valence-electron chi connectivity index (χ0n) is 13.8. The van der Waals surface area contributed by atoms with E-state index < -0.39 is 22.2 Å². The highest BCUT2D eigenvalue weighted by Crippen LogP contribution is 2.34. The number of halogens is 2. The third-order valence-electron chi connectivity index (χ3n) is 4.20. The van der Waals surface area contributed by atoms with E-state index in [1.807, 2.05) is 0 Å². The monoisotopic (exact) mass is 353 g/mol. The SMILES string of the molecule is CN(C)c1noc(C2CCN(c3c(F)cc([N+](=O)[O-])cc3F)CC2)n1. The van der Waals surface area contributed by atoms with Gasteiger partial charge in [0, 0.05) is 33.1 Å². The van der Waals surface area contributed by atoms with E-state index in [2.05, 4.69) is 10.1 Å². The van der Waals surface area contributed by atoms with Crippen molar-refractivity contribution in [3.05, 3.63) is 39.8 Å². The van der Waals surface area contributed by atoms with Crippen molar-refractivity contribution in [3.8, 4) is 0 Å². The Labute approximate surface area is 142 Å². The highest BCUT2D eigenvalue weighted by Gasteiger charge is 2.29. The van der Waals surface area contributed by atoms with E-state index in [1.54, 1.807) is 23.9 Å². The summed E-state index contributed by atoms with van der Waals surface area (Å²) in [5, 5.41) is 14.5. The average molecular weight is 353 g/mol. The van der Waals surface area contributed by atoms with Crippen LogP contribution in [0.1, 0.15) is 24.7 Å². The molecule has 1 aromatic heterocycles. The summed E-state index contributed by atoms with van der Waals surface area (Å²) in [6.45, 7) is 0.770. The van der Waals surface area contributed by atoms with Crippen LogP contribution in [-0.2, 0) is 0 Å². The van der Waals surface area contributed by atoms with E-state index in [0.29, 0.717) is 37.8 Å². The number of anilines is 2. The zero-order valence-corrected chi connectivity index (χ0v) is 13.8. The van der Waals surface area contributed by atoms with Crippen molar-refractivity contribution in [1.29, 1.82) is 0 Å². The molecule has 0 saturated carbocycles. The third kappa shape index (κ3) is 3.37. The molecule has 0 amide bonds.